The molecule has 0 unspecified atom stereocenters. The molecule has 2 N–H and O–H groups in total. The summed E-state index contributed by atoms with van der Waals surface area (Å²) >= 11 is 0. The van der Waals surface area contributed by atoms with E-state index in [9.17, 15) is 4.79 Å². The molecule has 0 radical (unpaired) electrons. The van der Waals surface area contributed by atoms with Crippen molar-refractivity contribution in [2.45, 2.75) is 38.7 Å². The summed E-state index contributed by atoms with van der Waals surface area (Å²) in [5.74, 6) is 0.942. The Labute approximate surface area is 154 Å². The van der Waals surface area contributed by atoms with Gasteiger partial charge in [-0.3, -0.25) is 0 Å². The van der Waals surface area contributed by atoms with Crippen molar-refractivity contribution in [3.8, 4) is 11.5 Å². The first kappa shape index (κ1) is 18.1. The van der Waals surface area contributed by atoms with Crippen LogP contribution in [0.5, 0.6) is 11.5 Å². The summed E-state index contributed by atoms with van der Waals surface area (Å²) in [5, 5.41) is 0. The maximum Gasteiger partial charge on any atom is 0.338 e. The Kier molecular flexibility index (Phi) is 6.00. The molecular weight excluding hydrogens is 330 g/mol. The number of esters is 1. The molecule has 1 saturated carbocycles. The van der Waals surface area contributed by atoms with Crippen LogP contribution in [0.4, 0.5) is 5.69 Å². The van der Waals surface area contributed by atoms with Gasteiger partial charge in [-0.15, -0.1) is 0 Å². The standard InChI is InChI=1S/C21H25NO4/c1-15-6-9-17(10-7-15)24-12-13-25-20-14-16(8-11-19(20)22)21(23)26-18-4-2-3-5-18/h6-11,14,18H,2-5,12-13,22H2,1H3. The third-order valence-corrected chi connectivity index (χ3v) is 4.46. The predicted octanol–water partition coefficient (Wildman–Crippen LogP) is 4.13. The molecule has 26 heavy (non-hydrogen) atoms. The number of hydrogen-bond donors (Lipinski definition) is 1. The second-order valence-electron chi connectivity index (χ2n) is 6.57. The first-order valence-corrected chi connectivity index (χ1v) is 9.04. The van der Waals surface area contributed by atoms with Gasteiger partial charge in [-0.05, 0) is 62.9 Å². The summed E-state index contributed by atoms with van der Waals surface area (Å²) in [4.78, 5) is 12.3. The van der Waals surface area contributed by atoms with Crippen LogP contribution in [0.3, 0.4) is 0 Å². The Morgan fingerprint density at radius 3 is 2.46 bits per heavy atom. The zero-order valence-electron chi connectivity index (χ0n) is 15.1. The van der Waals surface area contributed by atoms with Crippen molar-refractivity contribution in [3.63, 3.8) is 0 Å². The molecule has 138 valence electrons. The van der Waals surface area contributed by atoms with E-state index in [4.69, 9.17) is 19.9 Å². The fraction of sp³-hybridized carbons (Fsp3) is 0.381. The number of benzene rings is 2. The van der Waals surface area contributed by atoms with Crippen molar-refractivity contribution in [2.75, 3.05) is 18.9 Å². The second-order valence-corrected chi connectivity index (χ2v) is 6.57. The van der Waals surface area contributed by atoms with Crippen LogP contribution in [0.2, 0.25) is 0 Å². The molecule has 0 spiro atoms. The van der Waals surface area contributed by atoms with Gasteiger partial charge in [0.25, 0.3) is 0 Å². The summed E-state index contributed by atoms with van der Waals surface area (Å²) in [6.07, 6.45) is 4.16. The average molecular weight is 355 g/mol. The van der Waals surface area contributed by atoms with Gasteiger partial charge in [-0.25, -0.2) is 4.79 Å². The molecule has 2 aromatic carbocycles. The molecule has 2 aromatic rings. The number of anilines is 1. The lowest BCUT2D eigenvalue weighted by molar-refractivity contribution is 0.0317. The van der Waals surface area contributed by atoms with Crippen LogP contribution in [-0.4, -0.2) is 25.3 Å². The van der Waals surface area contributed by atoms with E-state index in [1.54, 1.807) is 18.2 Å². The topological polar surface area (TPSA) is 70.8 Å². The molecule has 1 aliphatic carbocycles. The average Bonchev–Trinajstić information content (AvgIpc) is 3.14. The molecule has 0 atom stereocenters. The zero-order chi connectivity index (χ0) is 18.4. The van der Waals surface area contributed by atoms with Crippen molar-refractivity contribution in [1.82, 2.24) is 0 Å². The monoisotopic (exact) mass is 355 g/mol. The van der Waals surface area contributed by atoms with Crippen molar-refractivity contribution in [1.29, 1.82) is 0 Å². The third kappa shape index (κ3) is 4.91. The highest BCUT2D eigenvalue weighted by molar-refractivity contribution is 5.90. The lowest BCUT2D eigenvalue weighted by Crippen LogP contribution is -2.15. The van der Waals surface area contributed by atoms with Crippen LogP contribution in [0, 0.1) is 6.92 Å². The number of carbonyl (C=O) groups excluding carboxylic acids is 1. The van der Waals surface area contributed by atoms with Crippen LogP contribution in [0.1, 0.15) is 41.6 Å². The van der Waals surface area contributed by atoms with Gasteiger partial charge in [-0.2, -0.15) is 0 Å². The molecular formula is C21H25NO4. The molecule has 3 rings (SSSR count). The predicted molar refractivity (Wildman–Crippen MR) is 101 cm³/mol. The van der Waals surface area contributed by atoms with Gasteiger partial charge >= 0.3 is 5.97 Å². The number of nitrogen functional groups attached to an aromatic ring is 1. The van der Waals surface area contributed by atoms with Gasteiger partial charge in [0.15, 0.2) is 0 Å². The molecule has 1 fully saturated rings. The van der Waals surface area contributed by atoms with Gasteiger partial charge in [0.2, 0.25) is 0 Å². The van der Waals surface area contributed by atoms with Crippen LogP contribution in [-0.2, 0) is 4.74 Å². The number of aryl methyl sites for hydroxylation is 1. The largest absolute Gasteiger partial charge is 0.490 e. The normalized spacial score (nSPS) is 14.2. The van der Waals surface area contributed by atoms with Crippen LogP contribution in [0.25, 0.3) is 0 Å². The molecule has 0 amide bonds. The van der Waals surface area contributed by atoms with E-state index in [1.807, 2.05) is 31.2 Å². The molecule has 0 bridgehead atoms. The number of nitrogens with two attached hydrogens (primary N) is 1. The van der Waals surface area contributed by atoms with Crippen LogP contribution >= 0.6 is 0 Å². The highest BCUT2D eigenvalue weighted by atomic mass is 16.5. The highest BCUT2D eigenvalue weighted by Crippen LogP contribution is 2.26. The summed E-state index contributed by atoms with van der Waals surface area (Å²) < 4.78 is 16.8. The molecule has 5 heteroatoms. The lowest BCUT2D eigenvalue weighted by atomic mass is 10.2. The Bertz CT molecular complexity index is 736. The second kappa shape index (κ2) is 8.61. The molecule has 1 aliphatic rings. The molecule has 0 heterocycles. The number of ether oxygens (including phenoxy) is 3. The van der Waals surface area contributed by atoms with E-state index in [-0.39, 0.29) is 12.1 Å². The van der Waals surface area contributed by atoms with Crippen LogP contribution in [0.15, 0.2) is 42.5 Å². The summed E-state index contributed by atoms with van der Waals surface area (Å²) in [6.45, 7) is 2.75. The minimum atomic E-state index is -0.322. The number of rotatable bonds is 7. The van der Waals surface area contributed by atoms with E-state index in [0.29, 0.717) is 30.2 Å². The van der Waals surface area contributed by atoms with Gasteiger partial charge in [0.1, 0.15) is 30.8 Å². The van der Waals surface area contributed by atoms with E-state index in [2.05, 4.69) is 0 Å². The minimum absolute atomic E-state index is 0.0346. The Morgan fingerprint density at radius 1 is 1.04 bits per heavy atom. The number of carbonyl (C=O) groups is 1. The Hall–Kier alpha value is -2.69. The van der Waals surface area contributed by atoms with E-state index in [1.165, 1.54) is 5.56 Å². The molecule has 0 aliphatic heterocycles. The SMILES string of the molecule is Cc1ccc(OCCOc2cc(C(=O)OC3CCCC3)ccc2N)cc1. The van der Waals surface area contributed by atoms with E-state index in [0.717, 1.165) is 31.4 Å². The molecule has 0 aromatic heterocycles. The molecule has 5 nitrogen and oxygen atoms in total. The van der Waals surface area contributed by atoms with Crippen molar-refractivity contribution in [3.05, 3.63) is 53.6 Å². The fourth-order valence-corrected chi connectivity index (χ4v) is 2.96. The first-order chi connectivity index (χ1) is 12.6. The van der Waals surface area contributed by atoms with Gasteiger partial charge in [0, 0.05) is 0 Å². The maximum atomic E-state index is 12.3. The summed E-state index contributed by atoms with van der Waals surface area (Å²) in [7, 11) is 0. The summed E-state index contributed by atoms with van der Waals surface area (Å²) in [5.41, 5.74) is 8.07. The first-order valence-electron chi connectivity index (χ1n) is 9.04. The minimum Gasteiger partial charge on any atom is -0.490 e. The lowest BCUT2D eigenvalue weighted by Gasteiger charge is -2.14. The van der Waals surface area contributed by atoms with Gasteiger partial charge in [0.05, 0.1) is 11.3 Å². The van der Waals surface area contributed by atoms with Crippen molar-refractivity contribution >= 4 is 11.7 Å². The van der Waals surface area contributed by atoms with Crippen molar-refractivity contribution in [2.24, 2.45) is 0 Å². The van der Waals surface area contributed by atoms with E-state index < -0.39 is 0 Å². The molecule has 0 saturated heterocycles. The highest BCUT2D eigenvalue weighted by Gasteiger charge is 2.20. The Balaban J connectivity index is 1.52. The smallest absolute Gasteiger partial charge is 0.338 e. The van der Waals surface area contributed by atoms with Gasteiger partial charge in [-0.1, -0.05) is 17.7 Å². The number of hydrogen-bond acceptors (Lipinski definition) is 5. The maximum absolute atomic E-state index is 12.3. The zero-order valence-corrected chi connectivity index (χ0v) is 15.1. The van der Waals surface area contributed by atoms with Gasteiger partial charge < -0.3 is 19.9 Å². The third-order valence-electron chi connectivity index (χ3n) is 4.46. The Morgan fingerprint density at radius 2 is 1.73 bits per heavy atom. The van der Waals surface area contributed by atoms with Crippen LogP contribution < -0.4 is 15.2 Å². The van der Waals surface area contributed by atoms with E-state index >= 15 is 0 Å². The fourth-order valence-electron chi connectivity index (χ4n) is 2.96. The van der Waals surface area contributed by atoms with Crippen molar-refractivity contribution < 1.29 is 19.0 Å². The summed E-state index contributed by atoms with van der Waals surface area (Å²) in [6, 6.07) is 12.8. The quantitative estimate of drug-likeness (QED) is 0.459.